The van der Waals surface area contributed by atoms with Crippen LogP contribution in [-0.4, -0.2) is 41.9 Å². The van der Waals surface area contributed by atoms with Gasteiger partial charge < -0.3 is 9.64 Å². The number of hydrogen-bond acceptors (Lipinski definition) is 3. The van der Waals surface area contributed by atoms with E-state index in [2.05, 4.69) is 12.6 Å². The van der Waals surface area contributed by atoms with Gasteiger partial charge in [0, 0.05) is 13.1 Å². The van der Waals surface area contributed by atoms with E-state index >= 15 is 0 Å². The fraction of sp³-hybridized carbons (Fsp3) is 0.875. The molecule has 0 saturated carbocycles. The van der Waals surface area contributed by atoms with Crippen molar-refractivity contribution in [2.75, 3.05) is 26.3 Å². The normalized spacial score (nSPS) is 19.4. The number of carbonyl (C=O) groups excluding carboxylic acids is 1. The van der Waals surface area contributed by atoms with Gasteiger partial charge in [-0.1, -0.05) is 0 Å². The summed E-state index contributed by atoms with van der Waals surface area (Å²) in [6.45, 7) is 6.32. The maximum atomic E-state index is 11.6. The number of thiol groups is 1. The van der Waals surface area contributed by atoms with Crippen molar-refractivity contribution >= 4 is 18.5 Å². The summed E-state index contributed by atoms with van der Waals surface area (Å²) >= 11 is 4.23. The molecule has 0 N–H and O–H groups in total. The lowest BCUT2D eigenvalue weighted by Gasteiger charge is -2.31. The van der Waals surface area contributed by atoms with Crippen molar-refractivity contribution in [3.63, 3.8) is 0 Å². The summed E-state index contributed by atoms with van der Waals surface area (Å²) in [7, 11) is 0. The summed E-state index contributed by atoms with van der Waals surface area (Å²) in [6, 6.07) is 0. The first-order chi connectivity index (χ1) is 5.52. The Morgan fingerprint density at radius 3 is 2.33 bits per heavy atom. The van der Waals surface area contributed by atoms with Crippen molar-refractivity contribution in [3.05, 3.63) is 0 Å². The molecule has 1 rings (SSSR count). The van der Waals surface area contributed by atoms with Gasteiger partial charge in [0.25, 0.3) is 0 Å². The minimum Gasteiger partial charge on any atom is -0.378 e. The maximum absolute atomic E-state index is 11.6. The third-order valence-electron chi connectivity index (χ3n) is 1.82. The molecule has 1 fully saturated rings. The summed E-state index contributed by atoms with van der Waals surface area (Å²) in [5.74, 6) is 0.0918. The quantitative estimate of drug-likeness (QED) is 0.611. The first-order valence-electron chi connectivity index (χ1n) is 4.11. The van der Waals surface area contributed by atoms with Gasteiger partial charge in [-0.2, -0.15) is 12.6 Å². The molecule has 0 aromatic carbocycles. The predicted octanol–water partition coefficient (Wildman–Crippen LogP) is 0.554. The number of rotatable bonds is 1. The zero-order valence-electron chi connectivity index (χ0n) is 7.54. The largest absolute Gasteiger partial charge is 0.378 e. The molecule has 0 atom stereocenters. The first kappa shape index (κ1) is 9.86. The van der Waals surface area contributed by atoms with E-state index in [4.69, 9.17) is 4.74 Å². The van der Waals surface area contributed by atoms with E-state index in [0.717, 1.165) is 0 Å². The smallest absolute Gasteiger partial charge is 0.238 e. The van der Waals surface area contributed by atoms with Crippen molar-refractivity contribution in [1.29, 1.82) is 0 Å². The van der Waals surface area contributed by atoms with Crippen molar-refractivity contribution < 1.29 is 9.53 Å². The highest BCUT2D eigenvalue weighted by molar-refractivity contribution is 7.82. The zero-order valence-corrected chi connectivity index (χ0v) is 8.43. The molecule has 1 amide bonds. The molecule has 70 valence electrons. The standard InChI is InChI=1S/C8H15NO2S/c1-8(2,12)7(10)9-3-5-11-6-4-9/h12H,3-6H2,1-2H3. The van der Waals surface area contributed by atoms with Crippen LogP contribution < -0.4 is 0 Å². The van der Waals surface area contributed by atoms with Gasteiger partial charge in [0.1, 0.15) is 0 Å². The fourth-order valence-corrected chi connectivity index (χ4v) is 1.29. The Morgan fingerprint density at radius 2 is 1.92 bits per heavy atom. The van der Waals surface area contributed by atoms with Gasteiger partial charge in [-0.25, -0.2) is 0 Å². The van der Waals surface area contributed by atoms with Crippen LogP contribution in [0.25, 0.3) is 0 Å². The van der Waals surface area contributed by atoms with Crippen LogP contribution in [0.15, 0.2) is 0 Å². The number of nitrogens with zero attached hydrogens (tertiary/aromatic N) is 1. The molecule has 0 bridgehead atoms. The highest BCUT2D eigenvalue weighted by atomic mass is 32.1. The summed E-state index contributed by atoms with van der Waals surface area (Å²) in [4.78, 5) is 13.4. The van der Waals surface area contributed by atoms with E-state index in [1.54, 1.807) is 4.90 Å². The summed E-state index contributed by atoms with van der Waals surface area (Å²) in [6.07, 6.45) is 0. The van der Waals surface area contributed by atoms with Crippen molar-refractivity contribution in [3.8, 4) is 0 Å². The molecule has 4 heteroatoms. The molecule has 0 spiro atoms. The third kappa shape index (κ3) is 2.38. The molecule has 1 heterocycles. The minimum absolute atomic E-state index is 0.0918. The second kappa shape index (κ2) is 3.66. The van der Waals surface area contributed by atoms with Gasteiger partial charge in [0.2, 0.25) is 5.91 Å². The lowest BCUT2D eigenvalue weighted by atomic mass is 10.1. The molecular formula is C8H15NO2S. The van der Waals surface area contributed by atoms with Crippen LogP contribution in [0.4, 0.5) is 0 Å². The summed E-state index contributed by atoms with van der Waals surface area (Å²) < 4.78 is 4.59. The fourth-order valence-electron chi connectivity index (χ4n) is 1.15. The van der Waals surface area contributed by atoms with Gasteiger partial charge in [-0.3, -0.25) is 4.79 Å². The van der Waals surface area contributed by atoms with E-state index < -0.39 is 4.75 Å². The van der Waals surface area contributed by atoms with Crippen LogP contribution in [0.2, 0.25) is 0 Å². The molecule has 12 heavy (non-hydrogen) atoms. The summed E-state index contributed by atoms with van der Waals surface area (Å²) in [5.41, 5.74) is 0. The molecule has 1 saturated heterocycles. The summed E-state index contributed by atoms with van der Waals surface area (Å²) in [5, 5.41) is 0. The van der Waals surface area contributed by atoms with E-state index in [-0.39, 0.29) is 5.91 Å². The Bertz CT molecular complexity index is 170. The van der Waals surface area contributed by atoms with Crippen LogP contribution in [-0.2, 0) is 9.53 Å². The Kier molecular flexibility index (Phi) is 3.01. The lowest BCUT2D eigenvalue weighted by molar-refractivity contribution is -0.136. The number of amides is 1. The van der Waals surface area contributed by atoms with Crippen LogP contribution in [0.3, 0.4) is 0 Å². The molecule has 1 aliphatic rings. The average Bonchev–Trinajstić information content (AvgIpc) is 2.03. The van der Waals surface area contributed by atoms with Crippen molar-refractivity contribution in [1.82, 2.24) is 4.90 Å². The highest BCUT2D eigenvalue weighted by Gasteiger charge is 2.28. The van der Waals surface area contributed by atoms with Gasteiger partial charge in [0.05, 0.1) is 18.0 Å². The number of hydrogen-bond donors (Lipinski definition) is 1. The molecular weight excluding hydrogens is 174 g/mol. The highest BCUT2D eigenvalue weighted by Crippen LogP contribution is 2.16. The van der Waals surface area contributed by atoms with Crippen LogP contribution in [0, 0.1) is 0 Å². The maximum Gasteiger partial charge on any atom is 0.238 e. The molecule has 0 unspecified atom stereocenters. The third-order valence-corrected chi connectivity index (χ3v) is 2.01. The Balaban J connectivity index is 2.51. The van der Waals surface area contributed by atoms with Crippen LogP contribution >= 0.6 is 12.6 Å². The van der Waals surface area contributed by atoms with E-state index in [1.807, 2.05) is 13.8 Å². The molecule has 0 aromatic heterocycles. The Morgan fingerprint density at radius 1 is 1.42 bits per heavy atom. The molecule has 0 radical (unpaired) electrons. The monoisotopic (exact) mass is 189 g/mol. The predicted molar refractivity (Wildman–Crippen MR) is 50.5 cm³/mol. The van der Waals surface area contributed by atoms with Gasteiger partial charge >= 0.3 is 0 Å². The second-order valence-corrected chi connectivity index (χ2v) is 4.58. The van der Waals surface area contributed by atoms with Crippen molar-refractivity contribution in [2.24, 2.45) is 0 Å². The van der Waals surface area contributed by atoms with E-state index in [9.17, 15) is 4.79 Å². The van der Waals surface area contributed by atoms with Gasteiger partial charge in [-0.05, 0) is 13.8 Å². The Hall–Kier alpha value is -0.220. The van der Waals surface area contributed by atoms with E-state index in [0.29, 0.717) is 26.3 Å². The van der Waals surface area contributed by atoms with Gasteiger partial charge in [-0.15, -0.1) is 0 Å². The number of morpholine rings is 1. The zero-order chi connectivity index (χ0) is 9.19. The average molecular weight is 189 g/mol. The Labute approximate surface area is 78.5 Å². The van der Waals surface area contributed by atoms with Crippen LogP contribution in [0.5, 0.6) is 0 Å². The first-order valence-corrected chi connectivity index (χ1v) is 4.56. The van der Waals surface area contributed by atoms with Crippen LogP contribution in [0.1, 0.15) is 13.8 Å². The van der Waals surface area contributed by atoms with Crippen molar-refractivity contribution in [2.45, 2.75) is 18.6 Å². The number of carbonyl (C=O) groups is 1. The molecule has 0 aromatic rings. The van der Waals surface area contributed by atoms with Gasteiger partial charge in [0.15, 0.2) is 0 Å². The molecule has 1 aliphatic heterocycles. The second-order valence-electron chi connectivity index (χ2n) is 3.46. The lowest BCUT2D eigenvalue weighted by Crippen LogP contribution is -2.47. The van der Waals surface area contributed by atoms with E-state index in [1.165, 1.54) is 0 Å². The molecule has 0 aliphatic carbocycles. The molecule has 3 nitrogen and oxygen atoms in total. The SMILES string of the molecule is CC(C)(S)C(=O)N1CCOCC1. The number of ether oxygens (including phenoxy) is 1. The minimum atomic E-state index is -0.558. The topological polar surface area (TPSA) is 29.5 Å².